The van der Waals surface area contributed by atoms with E-state index >= 15 is 0 Å². The van der Waals surface area contributed by atoms with Gasteiger partial charge in [-0.15, -0.1) is 5.10 Å². The Kier molecular flexibility index (Phi) is 6.80. The van der Waals surface area contributed by atoms with Crippen LogP contribution >= 0.6 is 0 Å². The van der Waals surface area contributed by atoms with Gasteiger partial charge in [-0.3, -0.25) is 4.79 Å². The van der Waals surface area contributed by atoms with E-state index < -0.39 is 5.97 Å². The quantitative estimate of drug-likeness (QED) is 0.657. The molecule has 1 amide bonds. The van der Waals surface area contributed by atoms with Crippen LogP contribution in [0.4, 0.5) is 0 Å². The van der Waals surface area contributed by atoms with Crippen molar-refractivity contribution in [3.63, 3.8) is 0 Å². The minimum absolute atomic E-state index is 0.0168. The van der Waals surface area contributed by atoms with Crippen molar-refractivity contribution in [3.8, 4) is 0 Å². The number of carbonyl (C=O) groups is 2. The number of nitrogens with one attached hydrogen (secondary N) is 1. The van der Waals surface area contributed by atoms with Gasteiger partial charge in [0.1, 0.15) is 6.54 Å². The number of rotatable bonds is 8. The summed E-state index contributed by atoms with van der Waals surface area (Å²) in [5, 5.41) is 10.3. The molecule has 0 unspecified atom stereocenters. The van der Waals surface area contributed by atoms with E-state index in [1.54, 1.807) is 6.92 Å². The second kappa shape index (κ2) is 8.35. The number of nitrogens with two attached hydrogens (primary N) is 1. The van der Waals surface area contributed by atoms with Crippen LogP contribution < -0.4 is 11.1 Å². The number of aromatic nitrogens is 3. The largest absolute Gasteiger partial charge is 0.461 e. The Hall–Kier alpha value is -1.96. The van der Waals surface area contributed by atoms with Gasteiger partial charge in [-0.25, -0.2) is 9.48 Å². The highest BCUT2D eigenvalue weighted by Gasteiger charge is 2.20. The van der Waals surface area contributed by atoms with Crippen LogP contribution in [0.1, 0.15) is 43.4 Å². The molecule has 8 nitrogen and oxygen atoms in total. The lowest BCUT2D eigenvalue weighted by atomic mass is 10.1. The average molecular weight is 297 g/mol. The Morgan fingerprint density at radius 2 is 2.14 bits per heavy atom. The first-order valence-electron chi connectivity index (χ1n) is 7.05. The number of esters is 1. The molecule has 0 aromatic carbocycles. The number of carbonyl (C=O) groups excluding carboxylic acids is 2. The van der Waals surface area contributed by atoms with Crippen molar-refractivity contribution < 1.29 is 14.3 Å². The number of ether oxygens (including phenoxy) is 1. The molecule has 0 atom stereocenters. The molecule has 118 valence electrons. The summed E-state index contributed by atoms with van der Waals surface area (Å²) in [7, 11) is 0. The molecule has 0 fully saturated rings. The molecule has 0 aliphatic rings. The van der Waals surface area contributed by atoms with Crippen LogP contribution in [0.2, 0.25) is 0 Å². The minimum atomic E-state index is -0.579. The van der Waals surface area contributed by atoms with Crippen molar-refractivity contribution in [3.05, 3.63) is 11.4 Å². The van der Waals surface area contributed by atoms with Crippen LogP contribution in [0.5, 0.6) is 0 Å². The maximum Gasteiger partial charge on any atom is 0.360 e. The lowest BCUT2D eigenvalue weighted by Crippen LogP contribution is -2.30. The van der Waals surface area contributed by atoms with E-state index in [1.807, 2.05) is 0 Å². The van der Waals surface area contributed by atoms with E-state index in [-0.39, 0.29) is 31.3 Å². The molecule has 0 saturated heterocycles. The van der Waals surface area contributed by atoms with Crippen LogP contribution in [0.15, 0.2) is 0 Å². The summed E-state index contributed by atoms with van der Waals surface area (Å²) >= 11 is 0. The lowest BCUT2D eigenvalue weighted by molar-refractivity contribution is -0.121. The molecular formula is C13H23N5O3. The number of hydrogen-bond acceptors (Lipinski definition) is 6. The maximum absolute atomic E-state index is 11.8. The van der Waals surface area contributed by atoms with E-state index in [1.165, 1.54) is 4.68 Å². The molecule has 0 aliphatic heterocycles. The van der Waals surface area contributed by atoms with Gasteiger partial charge >= 0.3 is 5.97 Å². The van der Waals surface area contributed by atoms with Gasteiger partial charge in [-0.1, -0.05) is 19.1 Å². The summed E-state index contributed by atoms with van der Waals surface area (Å²) in [5.41, 5.74) is 6.07. The van der Waals surface area contributed by atoms with Crippen LogP contribution in [0, 0.1) is 5.92 Å². The first kappa shape index (κ1) is 17.1. The van der Waals surface area contributed by atoms with Crippen molar-refractivity contribution in [2.24, 2.45) is 11.7 Å². The lowest BCUT2D eigenvalue weighted by Gasteiger charge is -2.08. The summed E-state index contributed by atoms with van der Waals surface area (Å²) in [4.78, 5) is 23.5. The molecule has 0 aliphatic carbocycles. The van der Waals surface area contributed by atoms with Crippen molar-refractivity contribution >= 4 is 11.9 Å². The molecular weight excluding hydrogens is 274 g/mol. The van der Waals surface area contributed by atoms with Crippen molar-refractivity contribution in [2.75, 3.05) is 13.2 Å². The third-order valence-corrected chi connectivity index (χ3v) is 2.84. The zero-order valence-electron chi connectivity index (χ0n) is 12.8. The Morgan fingerprint density at radius 1 is 1.43 bits per heavy atom. The molecule has 21 heavy (non-hydrogen) atoms. The zero-order chi connectivity index (χ0) is 15.8. The first-order chi connectivity index (χ1) is 9.99. The zero-order valence-corrected chi connectivity index (χ0v) is 12.8. The highest BCUT2D eigenvalue weighted by Crippen LogP contribution is 2.06. The maximum atomic E-state index is 11.8. The number of hydrogen-bond donors (Lipinski definition) is 2. The third-order valence-electron chi connectivity index (χ3n) is 2.84. The van der Waals surface area contributed by atoms with E-state index in [2.05, 4.69) is 29.5 Å². The monoisotopic (exact) mass is 297 g/mol. The smallest absolute Gasteiger partial charge is 0.360 e. The Balaban J connectivity index is 2.67. The summed E-state index contributed by atoms with van der Waals surface area (Å²) in [6.45, 7) is 6.76. The Bertz CT molecular complexity index is 484. The molecule has 1 aromatic heterocycles. The Labute approximate surface area is 124 Å². The summed E-state index contributed by atoms with van der Waals surface area (Å²) in [5.74, 6) is -0.248. The van der Waals surface area contributed by atoms with Crippen LogP contribution in [0.25, 0.3) is 0 Å². The van der Waals surface area contributed by atoms with E-state index in [9.17, 15) is 9.59 Å². The molecule has 1 rings (SSSR count). The average Bonchev–Trinajstić information content (AvgIpc) is 2.81. The molecule has 0 spiro atoms. The van der Waals surface area contributed by atoms with E-state index in [4.69, 9.17) is 10.5 Å². The van der Waals surface area contributed by atoms with E-state index in [0.29, 0.717) is 18.2 Å². The van der Waals surface area contributed by atoms with Crippen molar-refractivity contribution in [2.45, 2.75) is 40.3 Å². The van der Waals surface area contributed by atoms with Gasteiger partial charge in [0.05, 0.1) is 12.3 Å². The fourth-order valence-electron chi connectivity index (χ4n) is 1.71. The highest BCUT2D eigenvalue weighted by atomic mass is 16.5. The molecule has 8 heteroatoms. The van der Waals surface area contributed by atoms with Gasteiger partial charge in [0, 0.05) is 13.1 Å². The van der Waals surface area contributed by atoms with Gasteiger partial charge in [0.25, 0.3) is 0 Å². The normalized spacial score (nSPS) is 10.7. The molecule has 0 radical (unpaired) electrons. The summed E-state index contributed by atoms with van der Waals surface area (Å²) in [6.07, 6.45) is 0.904. The topological polar surface area (TPSA) is 112 Å². The predicted molar refractivity (Wildman–Crippen MR) is 76.3 cm³/mol. The molecule has 1 aromatic rings. The first-order valence-corrected chi connectivity index (χ1v) is 7.05. The molecule has 0 saturated carbocycles. The highest BCUT2D eigenvalue weighted by molar-refractivity contribution is 5.88. The molecule has 1 heterocycles. The predicted octanol–water partition coefficient (Wildman–Crippen LogP) is 0.0758. The van der Waals surface area contributed by atoms with Gasteiger partial charge in [-0.05, 0) is 19.3 Å². The van der Waals surface area contributed by atoms with Gasteiger partial charge in [-0.2, -0.15) is 0 Å². The number of nitrogens with zero attached hydrogens (tertiary/aromatic N) is 3. The second-order valence-electron chi connectivity index (χ2n) is 5.00. The minimum Gasteiger partial charge on any atom is -0.461 e. The van der Waals surface area contributed by atoms with Crippen LogP contribution in [-0.4, -0.2) is 40.0 Å². The number of amides is 1. The SMILES string of the molecule is CCOC(=O)c1nnn(CC(=O)NCCC(C)C)c1CN. The summed E-state index contributed by atoms with van der Waals surface area (Å²) < 4.78 is 6.20. The molecule has 3 N–H and O–H groups in total. The van der Waals surface area contributed by atoms with Crippen LogP contribution in [0.3, 0.4) is 0 Å². The Morgan fingerprint density at radius 3 is 2.71 bits per heavy atom. The van der Waals surface area contributed by atoms with Gasteiger partial charge in [0.15, 0.2) is 5.69 Å². The van der Waals surface area contributed by atoms with Crippen molar-refractivity contribution in [1.82, 2.24) is 20.3 Å². The van der Waals surface area contributed by atoms with E-state index in [0.717, 1.165) is 6.42 Å². The second-order valence-corrected chi connectivity index (χ2v) is 5.00. The fraction of sp³-hybridized carbons (Fsp3) is 0.692. The summed E-state index contributed by atoms with van der Waals surface area (Å²) in [6, 6.07) is 0. The van der Waals surface area contributed by atoms with Gasteiger partial charge in [0.2, 0.25) is 5.91 Å². The molecule has 0 bridgehead atoms. The standard InChI is InChI=1S/C13H23N5O3/c1-4-21-13(20)12-10(7-14)18(17-16-12)8-11(19)15-6-5-9(2)3/h9H,4-8,14H2,1-3H3,(H,15,19). The fourth-order valence-corrected chi connectivity index (χ4v) is 1.71. The van der Waals surface area contributed by atoms with Crippen molar-refractivity contribution in [1.29, 1.82) is 0 Å². The third kappa shape index (κ3) is 5.14. The van der Waals surface area contributed by atoms with Crippen LogP contribution in [-0.2, 0) is 22.6 Å². The van der Waals surface area contributed by atoms with Gasteiger partial charge < -0.3 is 15.8 Å².